The molecule has 0 bridgehead atoms. The second-order valence-electron chi connectivity index (χ2n) is 6.14. The van der Waals surface area contributed by atoms with E-state index in [1.54, 1.807) is 0 Å². The van der Waals surface area contributed by atoms with Crippen molar-refractivity contribution in [3.05, 3.63) is 47.5 Å². The largest absolute Gasteiger partial charge is 0.289 e. The van der Waals surface area contributed by atoms with Crippen molar-refractivity contribution < 1.29 is 4.79 Å². The van der Waals surface area contributed by atoms with Crippen molar-refractivity contribution >= 4 is 5.78 Å². The second-order valence-corrected chi connectivity index (χ2v) is 6.14. The Morgan fingerprint density at radius 3 is 2.53 bits per heavy atom. The van der Waals surface area contributed by atoms with E-state index >= 15 is 0 Å². The van der Waals surface area contributed by atoms with Crippen LogP contribution in [-0.2, 0) is 0 Å². The predicted molar refractivity (Wildman–Crippen MR) is 80.2 cm³/mol. The zero-order valence-corrected chi connectivity index (χ0v) is 12.2. The van der Waals surface area contributed by atoms with E-state index in [0.29, 0.717) is 11.8 Å². The summed E-state index contributed by atoms with van der Waals surface area (Å²) in [5.74, 6) is 2.17. The Morgan fingerprint density at radius 2 is 1.89 bits per heavy atom. The molecule has 1 aliphatic rings. The molecule has 19 heavy (non-hydrogen) atoms. The molecule has 0 amide bonds. The van der Waals surface area contributed by atoms with Gasteiger partial charge in [-0.25, -0.2) is 0 Å². The number of hydrogen-bond donors (Lipinski definition) is 0. The Balaban J connectivity index is 2.14. The van der Waals surface area contributed by atoms with Gasteiger partial charge in [0, 0.05) is 5.56 Å². The zero-order chi connectivity index (χ0) is 13.8. The fraction of sp³-hybridized carbons (Fsp3) is 0.500. The summed E-state index contributed by atoms with van der Waals surface area (Å²) in [6.45, 7) is 6.83. The molecule has 1 nitrogen and oxygen atoms in total. The number of hydrogen-bond acceptors (Lipinski definition) is 1. The van der Waals surface area contributed by atoms with Gasteiger partial charge in [0.2, 0.25) is 0 Å². The molecular weight excluding hydrogens is 232 g/mol. The van der Waals surface area contributed by atoms with Gasteiger partial charge < -0.3 is 0 Å². The molecule has 0 aromatic heterocycles. The Labute approximate surface area is 116 Å². The van der Waals surface area contributed by atoms with Gasteiger partial charge in [0.05, 0.1) is 0 Å². The van der Waals surface area contributed by atoms with Crippen molar-refractivity contribution in [3.63, 3.8) is 0 Å². The molecule has 1 fully saturated rings. The molecule has 0 aliphatic heterocycles. The van der Waals surface area contributed by atoms with Crippen LogP contribution in [0.3, 0.4) is 0 Å². The number of carbonyl (C=O) groups is 1. The smallest absolute Gasteiger partial charge is 0.185 e. The molecule has 1 aromatic carbocycles. The molecule has 2 atom stereocenters. The lowest BCUT2D eigenvalue weighted by molar-refractivity contribution is 0.104. The lowest BCUT2D eigenvalue weighted by Crippen LogP contribution is -2.20. The van der Waals surface area contributed by atoms with Crippen molar-refractivity contribution in [3.8, 4) is 0 Å². The van der Waals surface area contributed by atoms with Gasteiger partial charge in [0.15, 0.2) is 5.78 Å². The number of carbonyl (C=O) groups excluding carboxylic acids is 1. The molecule has 0 saturated heterocycles. The number of ketones is 1. The molecule has 102 valence electrons. The van der Waals surface area contributed by atoms with Gasteiger partial charge >= 0.3 is 0 Å². The number of benzene rings is 1. The first-order valence-corrected chi connectivity index (χ1v) is 7.37. The molecule has 2 rings (SSSR count). The number of rotatable bonds is 3. The van der Waals surface area contributed by atoms with Gasteiger partial charge in [-0.3, -0.25) is 4.79 Å². The summed E-state index contributed by atoms with van der Waals surface area (Å²) in [6.07, 6.45) is 5.51. The minimum atomic E-state index is 0.159. The topological polar surface area (TPSA) is 17.1 Å². The van der Waals surface area contributed by atoms with Crippen LogP contribution in [-0.4, -0.2) is 5.78 Å². The summed E-state index contributed by atoms with van der Waals surface area (Å²) in [5, 5.41) is 0. The van der Waals surface area contributed by atoms with Crippen molar-refractivity contribution in [2.24, 2.45) is 17.8 Å². The molecule has 1 aromatic rings. The maximum absolute atomic E-state index is 12.3. The lowest BCUT2D eigenvalue weighted by Gasteiger charge is -2.31. The van der Waals surface area contributed by atoms with Crippen LogP contribution in [0.2, 0.25) is 0 Å². The third-order valence-electron chi connectivity index (χ3n) is 4.42. The fourth-order valence-electron chi connectivity index (χ4n) is 2.88. The normalized spacial score (nSPS) is 25.8. The van der Waals surface area contributed by atoms with Crippen LogP contribution in [0.5, 0.6) is 0 Å². The van der Waals surface area contributed by atoms with Crippen molar-refractivity contribution in [1.82, 2.24) is 0 Å². The molecule has 1 aliphatic carbocycles. The highest BCUT2D eigenvalue weighted by atomic mass is 16.1. The Hall–Kier alpha value is -1.37. The molecular formula is C18H24O. The Morgan fingerprint density at radius 1 is 1.21 bits per heavy atom. The summed E-state index contributed by atoms with van der Waals surface area (Å²) in [6, 6.07) is 9.58. The summed E-state index contributed by atoms with van der Waals surface area (Å²) in [7, 11) is 0. The van der Waals surface area contributed by atoms with E-state index in [1.165, 1.54) is 18.4 Å². The van der Waals surface area contributed by atoms with Crippen LogP contribution in [0.25, 0.3) is 0 Å². The molecule has 0 N–H and O–H groups in total. The lowest BCUT2D eigenvalue weighted by atomic mass is 9.74. The van der Waals surface area contributed by atoms with Crippen LogP contribution in [0.4, 0.5) is 0 Å². The third-order valence-corrected chi connectivity index (χ3v) is 4.42. The fourth-order valence-corrected chi connectivity index (χ4v) is 2.88. The van der Waals surface area contributed by atoms with E-state index < -0.39 is 0 Å². The van der Waals surface area contributed by atoms with E-state index in [4.69, 9.17) is 0 Å². The van der Waals surface area contributed by atoms with Gasteiger partial charge in [0.25, 0.3) is 0 Å². The van der Waals surface area contributed by atoms with Crippen LogP contribution < -0.4 is 0 Å². The van der Waals surface area contributed by atoms with Crippen molar-refractivity contribution in [1.29, 1.82) is 0 Å². The highest BCUT2D eigenvalue weighted by Gasteiger charge is 2.25. The number of allylic oxidation sites excluding steroid dienone is 2. The maximum atomic E-state index is 12.3. The summed E-state index contributed by atoms with van der Waals surface area (Å²) < 4.78 is 0. The Bertz CT molecular complexity index is 456. The molecule has 0 spiro atoms. The quantitative estimate of drug-likeness (QED) is 0.556. The van der Waals surface area contributed by atoms with Gasteiger partial charge in [-0.15, -0.1) is 0 Å². The first-order chi connectivity index (χ1) is 9.08. The van der Waals surface area contributed by atoms with E-state index in [0.717, 1.165) is 17.9 Å². The van der Waals surface area contributed by atoms with Gasteiger partial charge in [-0.2, -0.15) is 0 Å². The van der Waals surface area contributed by atoms with Crippen LogP contribution in [0, 0.1) is 17.8 Å². The standard InChI is InChI=1S/C18H24O/c1-13(2)16-10-9-14(3)17(11-16)12-18(19)15-7-5-4-6-8-15/h4-8,12-14,16H,9-11H2,1-3H3. The minimum Gasteiger partial charge on any atom is -0.289 e. The van der Waals surface area contributed by atoms with E-state index in [1.807, 2.05) is 36.4 Å². The summed E-state index contributed by atoms with van der Waals surface area (Å²) in [5.41, 5.74) is 2.15. The highest BCUT2D eigenvalue weighted by Crippen LogP contribution is 2.36. The SMILES string of the molecule is CC1CCC(C(C)C)CC1=CC(=O)c1ccccc1. The van der Waals surface area contributed by atoms with Crippen LogP contribution >= 0.6 is 0 Å². The predicted octanol–water partition coefficient (Wildman–Crippen LogP) is 4.89. The average molecular weight is 256 g/mol. The minimum absolute atomic E-state index is 0.159. The van der Waals surface area contributed by atoms with Gasteiger partial charge in [-0.05, 0) is 43.1 Å². The molecule has 1 heteroatoms. The maximum Gasteiger partial charge on any atom is 0.185 e. The molecule has 2 unspecified atom stereocenters. The molecule has 0 heterocycles. The summed E-state index contributed by atoms with van der Waals surface area (Å²) in [4.78, 5) is 12.3. The third kappa shape index (κ3) is 3.56. The highest BCUT2D eigenvalue weighted by molar-refractivity contribution is 6.04. The second kappa shape index (κ2) is 6.18. The van der Waals surface area contributed by atoms with Crippen LogP contribution in [0.1, 0.15) is 50.4 Å². The van der Waals surface area contributed by atoms with E-state index in [9.17, 15) is 4.79 Å². The Kier molecular flexibility index (Phi) is 4.57. The van der Waals surface area contributed by atoms with Crippen LogP contribution in [0.15, 0.2) is 42.0 Å². The van der Waals surface area contributed by atoms with Crippen molar-refractivity contribution in [2.45, 2.75) is 40.0 Å². The van der Waals surface area contributed by atoms with Crippen molar-refractivity contribution in [2.75, 3.05) is 0 Å². The van der Waals surface area contributed by atoms with E-state index in [-0.39, 0.29) is 5.78 Å². The average Bonchev–Trinajstić information content (AvgIpc) is 2.42. The first-order valence-electron chi connectivity index (χ1n) is 7.37. The monoisotopic (exact) mass is 256 g/mol. The van der Waals surface area contributed by atoms with Gasteiger partial charge in [0.1, 0.15) is 0 Å². The molecule has 1 saturated carbocycles. The first kappa shape index (κ1) is 14.0. The molecule has 0 radical (unpaired) electrons. The zero-order valence-electron chi connectivity index (χ0n) is 12.2. The van der Waals surface area contributed by atoms with E-state index in [2.05, 4.69) is 20.8 Å². The van der Waals surface area contributed by atoms with Gasteiger partial charge in [-0.1, -0.05) is 56.7 Å². The summed E-state index contributed by atoms with van der Waals surface area (Å²) >= 11 is 0.